The Bertz CT molecular complexity index is 1300. The van der Waals surface area contributed by atoms with E-state index in [0.717, 1.165) is 48.6 Å². The number of rotatable bonds is 9. The molecular formula is C27H30N4O3S. The van der Waals surface area contributed by atoms with Crippen molar-refractivity contribution >= 4 is 22.9 Å². The van der Waals surface area contributed by atoms with Gasteiger partial charge in [-0.25, -0.2) is 9.50 Å². The number of thiophene rings is 1. The highest BCUT2D eigenvalue weighted by atomic mass is 32.1. The minimum Gasteiger partial charge on any atom is -0.493 e. The van der Waals surface area contributed by atoms with E-state index in [0.29, 0.717) is 31.0 Å². The number of aryl methyl sites for hydroxylation is 2. The van der Waals surface area contributed by atoms with Crippen LogP contribution in [-0.4, -0.2) is 51.3 Å². The van der Waals surface area contributed by atoms with Gasteiger partial charge in [0.05, 0.1) is 12.7 Å². The number of hydrogen-bond donors (Lipinski definition) is 0. The van der Waals surface area contributed by atoms with Gasteiger partial charge in [-0.05, 0) is 72.8 Å². The van der Waals surface area contributed by atoms with Crippen LogP contribution in [-0.2, 0) is 17.7 Å². The highest BCUT2D eigenvalue weighted by Gasteiger charge is 2.26. The average Bonchev–Trinajstić information content (AvgIpc) is 3.61. The summed E-state index contributed by atoms with van der Waals surface area (Å²) in [6, 6.07) is 13.8. The van der Waals surface area contributed by atoms with E-state index in [1.165, 1.54) is 5.56 Å². The Morgan fingerprint density at radius 1 is 1.23 bits per heavy atom. The summed E-state index contributed by atoms with van der Waals surface area (Å²) < 4.78 is 13.6. The molecule has 1 aromatic carbocycles. The van der Waals surface area contributed by atoms with Crippen LogP contribution in [0.4, 0.5) is 0 Å². The van der Waals surface area contributed by atoms with Crippen LogP contribution in [0, 0.1) is 13.8 Å². The van der Waals surface area contributed by atoms with Crippen LogP contribution in [0.1, 0.15) is 45.8 Å². The second-order valence-corrected chi connectivity index (χ2v) is 9.82. The SMILES string of the molecule is Cc1cc(C)n2nc(C(=O)N(Cc3cccc(OCCc4ccsc4)c3)CC3CCCO3)cc2n1. The quantitative estimate of drug-likeness (QED) is 0.335. The molecule has 1 fully saturated rings. The van der Waals surface area contributed by atoms with E-state index < -0.39 is 0 Å². The Morgan fingerprint density at radius 3 is 2.94 bits per heavy atom. The summed E-state index contributed by atoms with van der Waals surface area (Å²) >= 11 is 1.70. The number of hydrogen-bond acceptors (Lipinski definition) is 6. The average molecular weight is 491 g/mol. The summed E-state index contributed by atoms with van der Waals surface area (Å²) in [7, 11) is 0. The van der Waals surface area contributed by atoms with E-state index >= 15 is 0 Å². The summed E-state index contributed by atoms with van der Waals surface area (Å²) in [5, 5.41) is 8.80. The van der Waals surface area contributed by atoms with Crippen molar-refractivity contribution in [1.82, 2.24) is 19.5 Å². The van der Waals surface area contributed by atoms with Gasteiger partial charge in [-0.2, -0.15) is 16.4 Å². The van der Waals surface area contributed by atoms with Crippen LogP contribution in [0.2, 0.25) is 0 Å². The number of carbonyl (C=O) groups is 1. The second kappa shape index (κ2) is 10.6. The molecule has 1 unspecified atom stereocenters. The highest BCUT2D eigenvalue weighted by molar-refractivity contribution is 7.07. The van der Waals surface area contributed by atoms with Gasteiger partial charge in [-0.3, -0.25) is 4.79 Å². The lowest BCUT2D eigenvalue weighted by Crippen LogP contribution is -2.37. The number of aromatic nitrogens is 3. The van der Waals surface area contributed by atoms with Crippen molar-refractivity contribution in [2.24, 2.45) is 0 Å². The van der Waals surface area contributed by atoms with Crippen molar-refractivity contribution in [2.45, 2.75) is 45.8 Å². The molecule has 0 aliphatic carbocycles. The lowest BCUT2D eigenvalue weighted by molar-refractivity contribution is 0.0502. The molecule has 1 atom stereocenters. The van der Waals surface area contributed by atoms with Gasteiger partial charge in [0.2, 0.25) is 0 Å². The second-order valence-electron chi connectivity index (χ2n) is 9.04. The fourth-order valence-electron chi connectivity index (χ4n) is 4.48. The smallest absolute Gasteiger partial charge is 0.274 e. The fraction of sp³-hybridized carbons (Fsp3) is 0.370. The summed E-state index contributed by atoms with van der Waals surface area (Å²) in [5.41, 5.74) is 5.23. The van der Waals surface area contributed by atoms with E-state index in [2.05, 4.69) is 26.9 Å². The number of amides is 1. The minimum absolute atomic E-state index is 0.0446. The van der Waals surface area contributed by atoms with Crippen LogP contribution in [0.3, 0.4) is 0 Å². The molecule has 1 saturated heterocycles. The Labute approximate surface area is 209 Å². The van der Waals surface area contributed by atoms with Crippen LogP contribution in [0.15, 0.2) is 53.2 Å². The minimum atomic E-state index is -0.119. The number of carbonyl (C=O) groups excluding carboxylic acids is 1. The van der Waals surface area contributed by atoms with Crippen molar-refractivity contribution in [3.63, 3.8) is 0 Å². The summed E-state index contributed by atoms with van der Waals surface area (Å²) in [4.78, 5) is 20.0. The molecule has 0 radical (unpaired) electrons. The molecule has 7 nitrogen and oxygen atoms in total. The molecule has 0 spiro atoms. The van der Waals surface area contributed by atoms with Crippen molar-refractivity contribution in [2.75, 3.05) is 19.8 Å². The zero-order valence-corrected chi connectivity index (χ0v) is 21.0. The molecule has 4 heterocycles. The maximum Gasteiger partial charge on any atom is 0.274 e. The number of benzene rings is 1. The van der Waals surface area contributed by atoms with E-state index in [1.54, 1.807) is 21.9 Å². The molecule has 8 heteroatoms. The summed E-state index contributed by atoms with van der Waals surface area (Å²) in [6.45, 7) is 6.27. The molecule has 1 amide bonds. The topological polar surface area (TPSA) is 69.0 Å². The molecule has 4 aromatic rings. The highest BCUT2D eigenvalue weighted by Crippen LogP contribution is 2.21. The van der Waals surface area contributed by atoms with Gasteiger partial charge in [-0.15, -0.1) is 0 Å². The van der Waals surface area contributed by atoms with E-state index in [9.17, 15) is 4.79 Å². The first kappa shape index (κ1) is 23.5. The first-order valence-electron chi connectivity index (χ1n) is 12.0. The maximum atomic E-state index is 13.6. The lowest BCUT2D eigenvalue weighted by atomic mass is 10.1. The van der Waals surface area contributed by atoms with Gasteiger partial charge >= 0.3 is 0 Å². The van der Waals surface area contributed by atoms with Gasteiger partial charge in [0.1, 0.15) is 5.75 Å². The summed E-state index contributed by atoms with van der Waals surface area (Å²) in [6.07, 6.45) is 2.90. The van der Waals surface area contributed by atoms with E-state index in [4.69, 9.17) is 9.47 Å². The van der Waals surface area contributed by atoms with E-state index in [1.807, 2.05) is 49.1 Å². The fourth-order valence-corrected chi connectivity index (χ4v) is 5.19. The van der Waals surface area contributed by atoms with Crippen LogP contribution < -0.4 is 4.74 Å². The Balaban J connectivity index is 1.33. The standard InChI is InChI=1S/C27H30N4O3S/c1-19-13-20(2)31-26(28-19)15-25(29-31)27(32)30(17-24-7-4-10-33-24)16-22-5-3-6-23(14-22)34-11-8-21-9-12-35-18-21/h3,5-6,9,12-15,18,24H,4,7-8,10-11,16-17H2,1-2H3. The van der Waals surface area contributed by atoms with Gasteiger partial charge in [0, 0.05) is 43.6 Å². The monoisotopic (exact) mass is 490 g/mol. The van der Waals surface area contributed by atoms with Gasteiger partial charge in [0.25, 0.3) is 5.91 Å². The zero-order valence-electron chi connectivity index (χ0n) is 20.1. The molecule has 5 rings (SSSR count). The van der Waals surface area contributed by atoms with Crippen molar-refractivity contribution in [1.29, 1.82) is 0 Å². The van der Waals surface area contributed by atoms with Crippen molar-refractivity contribution in [3.8, 4) is 5.75 Å². The zero-order chi connectivity index (χ0) is 24.2. The number of ether oxygens (including phenoxy) is 2. The molecule has 3 aromatic heterocycles. The first-order valence-corrected chi connectivity index (χ1v) is 13.0. The van der Waals surface area contributed by atoms with Crippen molar-refractivity contribution < 1.29 is 14.3 Å². The van der Waals surface area contributed by atoms with Gasteiger partial charge in [-0.1, -0.05) is 12.1 Å². The Kier molecular flexibility index (Phi) is 7.11. The number of fused-ring (bicyclic) bond motifs is 1. The van der Waals surface area contributed by atoms with Crippen LogP contribution in [0.25, 0.3) is 5.65 Å². The van der Waals surface area contributed by atoms with E-state index in [-0.39, 0.29) is 12.0 Å². The van der Waals surface area contributed by atoms with Crippen LogP contribution >= 0.6 is 11.3 Å². The maximum absolute atomic E-state index is 13.6. The van der Waals surface area contributed by atoms with Gasteiger partial charge < -0.3 is 14.4 Å². The first-order chi connectivity index (χ1) is 17.0. The normalized spacial score (nSPS) is 15.5. The Hall–Kier alpha value is -3.23. The van der Waals surface area contributed by atoms with Crippen LogP contribution in [0.5, 0.6) is 5.75 Å². The predicted molar refractivity (Wildman–Crippen MR) is 136 cm³/mol. The molecule has 1 aliphatic heterocycles. The molecular weight excluding hydrogens is 460 g/mol. The molecule has 1 aliphatic rings. The van der Waals surface area contributed by atoms with Crippen molar-refractivity contribution in [3.05, 3.63) is 81.4 Å². The predicted octanol–water partition coefficient (Wildman–Crippen LogP) is 4.85. The summed E-state index contributed by atoms with van der Waals surface area (Å²) in [5.74, 6) is 0.692. The van der Waals surface area contributed by atoms with Gasteiger partial charge in [0.15, 0.2) is 11.3 Å². The molecule has 182 valence electrons. The molecule has 0 N–H and O–H groups in total. The molecule has 0 saturated carbocycles. The number of nitrogens with zero attached hydrogens (tertiary/aromatic N) is 4. The largest absolute Gasteiger partial charge is 0.493 e. The lowest BCUT2D eigenvalue weighted by Gasteiger charge is -2.25. The third-order valence-corrected chi connectivity index (χ3v) is 6.93. The third-order valence-electron chi connectivity index (χ3n) is 6.20. The third kappa shape index (κ3) is 5.71. The Morgan fingerprint density at radius 2 is 2.14 bits per heavy atom. The molecule has 0 bridgehead atoms. The molecule has 35 heavy (non-hydrogen) atoms.